The standard InChI is InChI=1S/C10H11N3O2S/c1-4-2-5(7(11)9(14)15)8-6(3-4)16-10(12)13-8/h2-3,7H,11H2,1H3,(H2,12,13)(H,14,15). The maximum absolute atomic E-state index is 10.9. The van der Waals surface area contributed by atoms with Crippen LogP contribution < -0.4 is 11.5 Å². The van der Waals surface area contributed by atoms with E-state index >= 15 is 0 Å². The number of thiazole rings is 1. The van der Waals surface area contributed by atoms with E-state index in [1.807, 2.05) is 13.0 Å². The number of aryl methyl sites for hydroxylation is 1. The molecular weight excluding hydrogens is 226 g/mol. The van der Waals surface area contributed by atoms with Gasteiger partial charge in [-0.3, -0.25) is 4.79 Å². The highest BCUT2D eigenvalue weighted by Gasteiger charge is 2.19. The highest BCUT2D eigenvalue weighted by molar-refractivity contribution is 7.22. The van der Waals surface area contributed by atoms with Crippen molar-refractivity contribution >= 4 is 32.7 Å². The minimum absolute atomic E-state index is 0.416. The molecule has 1 aromatic heterocycles. The summed E-state index contributed by atoms with van der Waals surface area (Å²) in [4.78, 5) is 15.0. The molecule has 1 heterocycles. The van der Waals surface area contributed by atoms with Crippen molar-refractivity contribution in [3.05, 3.63) is 23.3 Å². The number of anilines is 1. The van der Waals surface area contributed by atoms with Gasteiger partial charge in [0, 0.05) is 5.56 Å². The highest BCUT2D eigenvalue weighted by atomic mass is 32.1. The van der Waals surface area contributed by atoms with Crippen LogP contribution in [0.1, 0.15) is 17.2 Å². The lowest BCUT2D eigenvalue weighted by Gasteiger charge is -2.08. The third-order valence-corrected chi connectivity index (χ3v) is 3.12. The topological polar surface area (TPSA) is 102 Å². The number of fused-ring (bicyclic) bond motifs is 1. The minimum Gasteiger partial charge on any atom is -0.480 e. The number of nitrogens with two attached hydrogens (primary N) is 2. The van der Waals surface area contributed by atoms with Crippen LogP contribution in [0.3, 0.4) is 0 Å². The Morgan fingerprint density at radius 1 is 1.56 bits per heavy atom. The predicted molar refractivity (Wildman–Crippen MR) is 63.3 cm³/mol. The first kappa shape index (κ1) is 10.8. The van der Waals surface area contributed by atoms with Gasteiger partial charge in [-0.15, -0.1) is 0 Å². The third kappa shape index (κ3) is 1.72. The number of hydrogen-bond acceptors (Lipinski definition) is 5. The molecule has 0 saturated heterocycles. The number of carboxylic acids is 1. The number of nitrogens with zero attached hydrogens (tertiary/aromatic N) is 1. The summed E-state index contributed by atoms with van der Waals surface area (Å²) >= 11 is 1.33. The van der Waals surface area contributed by atoms with Gasteiger partial charge in [0.05, 0.1) is 10.2 Å². The van der Waals surface area contributed by atoms with E-state index in [1.165, 1.54) is 11.3 Å². The molecule has 2 aromatic rings. The maximum Gasteiger partial charge on any atom is 0.325 e. The van der Waals surface area contributed by atoms with Gasteiger partial charge in [-0.1, -0.05) is 17.4 Å². The summed E-state index contributed by atoms with van der Waals surface area (Å²) in [5.41, 5.74) is 13.3. The number of aliphatic carboxylic acids is 1. The first-order chi connectivity index (χ1) is 7.49. The Balaban J connectivity index is 2.71. The van der Waals surface area contributed by atoms with Gasteiger partial charge in [-0.25, -0.2) is 4.98 Å². The number of carbonyl (C=O) groups is 1. The van der Waals surface area contributed by atoms with Crippen LogP contribution in [0.2, 0.25) is 0 Å². The lowest BCUT2D eigenvalue weighted by Crippen LogP contribution is -2.21. The molecule has 84 valence electrons. The molecule has 0 spiro atoms. The molecule has 5 N–H and O–H groups in total. The summed E-state index contributed by atoms with van der Waals surface area (Å²) in [6.45, 7) is 1.88. The van der Waals surface area contributed by atoms with Gasteiger partial charge >= 0.3 is 5.97 Å². The average molecular weight is 237 g/mol. The third-order valence-electron chi connectivity index (χ3n) is 2.29. The van der Waals surface area contributed by atoms with Crippen molar-refractivity contribution in [2.24, 2.45) is 5.73 Å². The molecule has 0 amide bonds. The summed E-state index contributed by atoms with van der Waals surface area (Å²) in [6, 6.07) is 2.59. The van der Waals surface area contributed by atoms with Gasteiger partial charge in [0.15, 0.2) is 5.13 Å². The van der Waals surface area contributed by atoms with Gasteiger partial charge in [0.25, 0.3) is 0 Å². The van der Waals surface area contributed by atoms with Crippen LogP contribution in [0.5, 0.6) is 0 Å². The second-order valence-electron chi connectivity index (χ2n) is 3.57. The van der Waals surface area contributed by atoms with Crippen LogP contribution in [0, 0.1) is 6.92 Å². The van der Waals surface area contributed by atoms with Crippen LogP contribution in [0.15, 0.2) is 12.1 Å². The Labute approximate surface area is 95.7 Å². The summed E-state index contributed by atoms with van der Waals surface area (Å²) < 4.78 is 0.865. The van der Waals surface area contributed by atoms with E-state index < -0.39 is 12.0 Å². The van der Waals surface area contributed by atoms with Gasteiger partial charge in [-0.2, -0.15) is 0 Å². The highest BCUT2D eigenvalue weighted by Crippen LogP contribution is 2.30. The number of hydrogen-bond donors (Lipinski definition) is 3. The van der Waals surface area contributed by atoms with E-state index in [1.54, 1.807) is 6.07 Å². The molecule has 0 fully saturated rings. The molecule has 6 heteroatoms. The quantitative estimate of drug-likeness (QED) is 0.730. The number of rotatable bonds is 2. The van der Waals surface area contributed by atoms with E-state index in [-0.39, 0.29) is 0 Å². The Morgan fingerprint density at radius 2 is 2.25 bits per heavy atom. The smallest absolute Gasteiger partial charge is 0.325 e. The van der Waals surface area contributed by atoms with Crippen LogP contribution in [0.4, 0.5) is 5.13 Å². The normalized spacial score (nSPS) is 12.9. The first-order valence-corrected chi connectivity index (χ1v) is 5.45. The first-order valence-electron chi connectivity index (χ1n) is 4.64. The van der Waals surface area contributed by atoms with Crippen molar-refractivity contribution in [2.45, 2.75) is 13.0 Å². The van der Waals surface area contributed by atoms with Crippen molar-refractivity contribution in [3.63, 3.8) is 0 Å². The summed E-state index contributed by atoms with van der Waals surface area (Å²) in [5, 5.41) is 9.33. The van der Waals surface area contributed by atoms with Crippen LogP contribution in [-0.4, -0.2) is 16.1 Å². The summed E-state index contributed by atoms with van der Waals surface area (Å²) in [6.07, 6.45) is 0. The van der Waals surface area contributed by atoms with E-state index in [2.05, 4.69) is 4.98 Å². The molecular formula is C10H11N3O2S. The molecule has 2 rings (SSSR count). The van der Waals surface area contributed by atoms with Crippen molar-refractivity contribution < 1.29 is 9.90 Å². The van der Waals surface area contributed by atoms with E-state index in [0.717, 1.165) is 10.3 Å². The van der Waals surface area contributed by atoms with Crippen LogP contribution in [0.25, 0.3) is 10.2 Å². The average Bonchev–Trinajstić information content (AvgIpc) is 2.55. The predicted octanol–water partition coefficient (Wildman–Crippen LogP) is 1.27. The zero-order chi connectivity index (χ0) is 11.9. The zero-order valence-corrected chi connectivity index (χ0v) is 9.41. The fraction of sp³-hybridized carbons (Fsp3) is 0.200. The maximum atomic E-state index is 10.9. The second-order valence-corrected chi connectivity index (χ2v) is 4.63. The van der Waals surface area contributed by atoms with Crippen LogP contribution >= 0.6 is 11.3 Å². The molecule has 1 atom stereocenters. The molecule has 0 aliphatic heterocycles. The Bertz CT molecular complexity index is 564. The number of aromatic nitrogens is 1. The number of carboxylic acid groups (broad SMARTS) is 1. The van der Waals surface area contributed by atoms with Gasteiger partial charge in [0.2, 0.25) is 0 Å². The van der Waals surface area contributed by atoms with Crippen LogP contribution in [-0.2, 0) is 4.79 Å². The molecule has 0 radical (unpaired) electrons. The molecule has 1 aromatic carbocycles. The molecule has 0 saturated carbocycles. The minimum atomic E-state index is -1.07. The molecule has 0 bridgehead atoms. The van der Waals surface area contributed by atoms with Gasteiger partial charge < -0.3 is 16.6 Å². The van der Waals surface area contributed by atoms with Gasteiger partial charge in [0.1, 0.15) is 6.04 Å². The van der Waals surface area contributed by atoms with Crippen molar-refractivity contribution in [2.75, 3.05) is 5.73 Å². The van der Waals surface area contributed by atoms with Crippen molar-refractivity contribution in [1.29, 1.82) is 0 Å². The fourth-order valence-electron chi connectivity index (χ4n) is 1.59. The Kier molecular flexibility index (Phi) is 2.53. The summed E-state index contributed by atoms with van der Waals surface area (Å²) in [5.74, 6) is -1.07. The lowest BCUT2D eigenvalue weighted by molar-refractivity contribution is -0.138. The summed E-state index contributed by atoms with van der Waals surface area (Å²) in [7, 11) is 0. The fourth-order valence-corrected chi connectivity index (χ4v) is 2.45. The Hall–Kier alpha value is -1.66. The molecule has 16 heavy (non-hydrogen) atoms. The molecule has 0 aliphatic carbocycles. The lowest BCUT2D eigenvalue weighted by atomic mass is 10.0. The molecule has 1 unspecified atom stereocenters. The van der Waals surface area contributed by atoms with Gasteiger partial charge in [-0.05, 0) is 18.6 Å². The Morgan fingerprint density at radius 3 is 2.88 bits per heavy atom. The van der Waals surface area contributed by atoms with Crippen molar-refractivity contribution in [1.82, 2.24) is 4.98 Å². The number of benzene rings is 1. The number of nitrogen functional groups attached to an aromatic ring is 1. The second kappa shape index (κ2) is 3.73. The SMILES string of the molecule is Cc1cc(C(N)C(=O)O)c2nc(N)sc2c1. The van der Waals surface area contributed by atoms with Crippen molar-refractivity contribution in [3.8, 4) is 0 Å². The van der Waals surface area contributed by atoms with E-state index in [4.69, 9.17) is 16.6 Å². The molecule has 0 aliphatic rings. The van der Waals surface area contributed by atoms with E-state index in [9.17, 15) is 4.79 Å². The van der Waals surface area contributed by atoms with E-state index in [0.29, 0.717) is 16.2 Å². The largest absolute Gasteiger partial charge is 0.480 e. The zero-order valence-electron chi connectivity index (χ0n) is 8.60. The molecule has 5 nitrogen and oxygen atoms in total. The monoisotopic (exact) mass is 237 g/mol.